The Bertz CT molecular complexity index is 1280. The van der Waals surface area contributed by atoms with Gasteiger partial charge in [-0.1, -0.05) is 13.3 Å². The van der Waals surface area contributed by atoms with Gasteiger partial charge in [0, 0.05) is 24.2 Å². The molecule has 1 aromatic heterocycles. The van der Waals surface area contributed by atoms with Crippen molar-refractivity contribution in [2.45, 2.75) is 44.0 Å². The number of nitrogens with zero attached hydrogens (tertiary/aromatic N) is 2. The first-order valence-electron chi connectivity index (χ1n) is 10.1. The molecule has 8 heteroatoms. The monoisotopic (exact) mass is 425 g/mol. The van der Waals surface area contributed by atoms with Crippen molar-refractivity contribution < 1.29 is 13.2 Å². The highest BCUT2D eigenvalue weighted by atomic mass is 32.2. The number of anilines is 1. The van der Waals surface area contributed by atoms with E-state index in [9.17, 15) is 18.0 Å². The standard InChI is InChI=1S/C22H23N3O4S/c1-2-30(28,29)17-10-8-16(9-11-17)23-21(26)15-7-12-18-19(14-15)24-20-6-4-3-5-13-25(20)22(18)27/h7-12,14H,2-6,13H2,1H3,(H,23,26). The molecule has 30 heavy (non-hydrogen) atoms. The van der Waals surface area contributed by atoms with Crippen molar-refractivity contribution in [1.29, 1.82) is 0 Å². The first kappa shape index (κ1) is 20.3. The van der Waals surface area contributed by atoms with Gasteiger partial charge in [-0.2, -0.15) is 0 Å². The zero-order valence-corrected chi connectivity index (χ0v) is 17.5. The maximum atomic E-state index is 12.8. The highest BCUT2D eigenvalue weighted by Crippen LogP contribution is 2.19. The van der Waals surface area contributed by atoms with Crippen molar-refractivity contribution in [3.8, 4) is 0 Å². The molecule has 4 rings (SSSR count). The number of aromatic nitrogens is 2. The molecule has 0 saturated carbocycles. The van der Waals surface area contributed by atoms with Gasteiger partial charge in [-0.05, 0) is 55.3 Å². The molecule has 0 bridgehead atoms. The minimum Gasteiger partial charge on any atom is -0.322 e. The summed E-state index contributed by atoms with van der Waals surface area (Å²) in [4.78, 5) is 30.4. The van der Waals surface area contributed by atoms with Crippen molar-refractivity contribution in [1.82, 2.24) is 9.55 Å². The molecule has 0 unspecified atom stereocenters. The van der Waals surface area contributed by atoms with E-state index in [4.69, 9.17) is 0 Å². The average molecular weight is 426 g/mol. The highest BCUT2D eigenvalue weighted by molar-refractivity contribution is 7.91. The number of hydrogen-bond donors (Lipinski definition) is 1. The molecular formula is C22H23N3O4S. The van der Waals surface area contributed by atoms with Crippen LogP contribution in [0.5, 0.6) is 0 Å². The van der Waals surface area contributed by atoms with Gasteiger partial charge < -0.3 is 5.32 Å². The first-order valence-corrected chi connectivity index (χ1v) is 11.7. The summed E-state index contributed by atoms with van der Waals surface area (Å²) in [6, 6.07) is 11.0. The lowest BCUT2D eigenvalue weighted by molar-refractivity contribution is 0.102. The number of rotatable bonds is 4. The van der Waals surface area contributed by atoms with E-state index in [1.807, 2.05) is 0 Å². The van der Waals surface area contributed by atoms with Crippen LogP contribution in [0.15, 0.2) is 52.2 Å². The number of fused-ring (bicyclic) bond motifs is 2. The molecule has 0 atom stereocenters. The summed E-state index contributed by atoms with van der Waals surface area (Å²) >= 11 is 0. The van der Waals surface area contributed by atoms with Crippen molar-refractivity contribution in [2.75, 3.05) is 11.1 Å². The third-order valence-electron chi connectivity index (χ3n) is 5.43. The van der Waals surface area contributed by atoms with Crippen LogP contribution in [0.25, 0.3) is 10.9 Å². The summed E-state index contributed by atoms with van der Waals surface area (Å²) in [6.45, 7) is 2.27. The number of carbonyl (C=O) groups excluding carboxylic acids is 1. The van der Waals surface area contributed by atoms with Gasteiger partial charge in [-0.25, -0.2) is 13.4 Å². The van der Waals surface area contributed by atoms with Gasteiger partial charge in [0.15, 0.2) is 9.84 Å². The summed E-state index contributed by atoms with van der Waals surface area (Å²) in [5, 5.41) is 3.27. The van der Waals surface area contributed by atoms with Gasteiger partial charge in [0.25, 0.3) is 11.5 Å². The summed E-state index contributed by atoms with van der Waals surface area (Å²) in [7, 11) is -3.29. The van der Waals surface area contributed by atoms with Crippen LogP contribution >= 0.6 is 0 Å². The van der Waals surface area contributed by atoms with E-state index < -0.39 is 9.84 Å². The molecule has 2 heterocycles. The van der Waals surface area contributed by atoms with Crippen LogP contribution < -0.4 is 10.9 Å². The van der Waals surface area contributed by atoms with Crippen molar-refractivity contribution in [2.24, 2.45) is 0 Å². The van der Waals surface area contributed by atoms with Crippen LogP contribution in [0.2, 0.25) is 0 Å². The quantitative estimate of drug-likeness (QED) is 0.692. The summed E-state index contributed by atoms with van der Waals surface area (Å²) in [6.07, 6.45) is 3.81. The largest absolute Gasteiger partial charge is 0.322 e. The molecule has 1 amide bonds. The maximum absolute atomic E-state index is 12.8. The topological polar surface area (TPSA) is 98.1 Å². The van der Waals surface area contributed by atoms with Crippen LogP contribution in [-0.2, 0) is 22.8 Å². The van der Waals surface area contributed by atoms with E-state index in [0.717, 1.165) is 31.5 Å². The van der Waals surface area contributed by atoms with Crippen molar-refractivity contribution >= 4 is 32.3 Å². The Morgan fingerprint density at radius 1 is 1.10 bits per heavy atom. The minimum absolute atomic E-state index is 0.0203. The molecular weight excluding hydrogens is 402 g/mol. The van der Waals surface area contributed by atoms with E-state index in [1.165, 1.54) is 12.1 Å². The summed E-state index contributed by atoms with van der Waals surface area (Å²) < 4.78 is 25.6. The highest BCUT2D eigenvalue weighted by Gasteiger charge is 2.16. The Labute approximate surface area is 174 Å². The molecule has 1 N–H and O–H groups in total. The van der Waals surface area contributed by atoms with Crippen molar-refractivity contribution in [3.63, 3.8) is 0 Å². The second-order valence-electron chi connectivity index (χ2n) is 7.41. The van der Waals surface area contributed by atoms with Crippen LogP contribution in [0.1, 0.15) is 42.4 Å². The molecule has 0 spiro atoms. The van der Waals surface area contributed by atoms with Gasteiger partial charge in [-0.3, -0.25) is 14.2 Å². The number of carbonyl (C=O) groups is 1. The van der Waals surface area contributed by atoms with Crippen LogP contribution in [-0.4, -0.2) is 29.6 Å². The lowest BCUT2D eigenvalue weighted by Gasteiger charge is -2.11. The summed E-state index contributed by atoms with van der Waals surface area (Å²) in [5.74, 6) is 0.446. The third kappa shape index (κ3) is 3.87. The normalized spacial score (nSPS) is 14.2. The molecule has 0 fully saturated rings. The smallest absolute Gasteiger partial charge is 0.261 e. The molecule has 0 aliphatic carbocycles. The average Bonchev–Trinajstić information content (AvgIpc) is 2.99. The number of hydrogen-bond acceptors (Lipinski definition) is 5. The number of amides is 1. The molecule has 0 saturated heterocycles. The molecule has 2 aromatic carbocycles. The fourth-order valence-electron chi connectivity index (χ4n) is 3.68. The molecule has 3 aromatic rings. The second kappa shape index (κ2) is 8.02. The van der Waals surface area contributed by atoms with Gasteiger partial charge in [0.2, 0.25) is 0 Å². The first-order chi connectivity index (χ1) is 14.4. The van der Waals surface area contributed by atoms with E-state index in [2.05, 4.69) is 10.3 Å². The van der Waals surface area contributed by atoms with Gasteiger partial charge in [0.05, 0.1) is 21.6 Å². The SMILES string of the molecule is CCS(=O)(=O)c1ccc(NC(=O)c2ccc3c(=O)n4c(nc3c2)CCCCC4)cc1. The van der Waals surface area contributed by atoms with Gasteiger partial charge in [0.1, 0.15) is 5.82 Å². The Kier molecular flexibility index (Phi) is 5.42. The Morgan fingerprint density at radius 2 is 1.87 bits per heavy atom. The number of aryl methyl sites for hydroxylation is 1. The Morgan fingerprint density at radius 3 is 2.60 bits per heavy atom. The molecule has 156 valence electrons. The minimum atomic E-state index is -3.29. The third-order valence-corrected chi connectivity index (χ3v) is 7.18. The number of benzene rings is 2. The molecule has 1 aliphatic heterocycles. The second-order valence-corrected chi connectivity index (χ2v) is 9.69. The predicted octanol–water partition coefficient (Wildman–Crippen LogP) is 3.17. The van der Waals surface area contributed by atoms with E-state index in [-0.39, 0.29) is 22.1 Å². The van der Waals surface area contributed by atoms with Gasteiger partial charge in [-0.15, -0.1) is 0 Å². The van der Waals surface area contributed by atoms with Crippen LogP contribution in [0.4, 0.5) is 5.69 Å². The lowest BCUT2D eigenvalue weighted by atomic mass is 10.1. The predicted molar refractivity (Wildman–Crippen MR) is 116 cm³/mol. The van der Waals surface area contributed by atoms with E-state index in [1.54, 1.807) is 41.8 Å². The zero-order chi connectivity index (χ0) is 21.3. The van der Waals surface area contributed by atoms with E-state index in [0.29, 0.717) is 28.7 Å². The number of nitrogens with one attached hydrogen (secondary N) is 1. The van der Waals surface area contributed by atoms with Gasteiger partial charge >= 0.3 is 0 Å². The fraction of sp³-hybridized carbons (Fsp3) is 0.318. The molecule has 0 radical (unpaired) electrons. The zero-order valence-electron chi connectivity index (χ0n) is 16.7. The van der Waals surface area contributed by atoms with Crippen molar-refractivity contribution in [3.05, 3.63) is 64.2 Å². The van der Waals surface area contributed by atoms with Crippen LogP contribution in [0.3, 0.4) is 0 Å². The molecule has 7 nitrogen and oxygen atoms in total. The van der Waals surface area contributed by atoms with Crippen LogP contribution in [0, 0.1) is 0 Å². The maximum Gasteiger partial charge on any atom is 0.261 e. The molecule has 1 aliphatic rings. The lowest BCUT2D eigenvalue weighted by Crippen LogP contribution is -2.24. The summed E-state index contributed by atoms with van der Waals surface area (Å²) in [5.41, 5.74) is 1.34. The van der Waals surface area contributed by atoms with E-state index >= 15 is 0 Å². The Hall–Kier alpha value is -3.00. The Balaban J connectivity index is 1.61. The fourth-order valence-corrected chi connectivity index (χ4v) is 4.56. The number of sulfone groups is 1.